The predicted molar refractivity (Wildman–Crippen MR) is 70.8 cm³/mol. The van der Waals surface area contributed by atoms with Crippen molar-refractivity contribution in [3.05, 3.63) is 29.8 Å². The van der Waals surface area contributed by atoms with Gasteiger partial charge in [-0.25, -0.2) is 0 Å². The van der Waals surface area contributed by atoms with Crippen molar-refractivity contribution in [2.45, 2.75) is 46.1 Å². The quantitative estimate of drug-likeness (QED) is 0.781. The minimum Gasteiger partial charge on any atom is -0.382 e. The maximum atomic E-state index is 3.67. The van der Waals surface area contributed by atoms with Gasteiger partial charge in [-0.15, -0.1) is 0 Å². The standard InChI is InChI=1S/C15H23N/c1-11-4-6-14(7-5-11)16-15-9-12(2)8-13(3)10-15/h4-7,12-13,15-16H,8-10H2,1-3H3. The van der Waals surface area contributed by atoms with E-state index < -0.39 is 0 Å². The van der Waals surface area contributed by atoms with Gasteiger partial charge in [0, 0.05) is 11.7 Å². The Morgan fingerprint density at radius 2 is 1.50 bits per heavy atom. The molecule has 0 amide bonds. The molecule has 1 heteroatoms. The molecule has 2 rings (SSSR count). The van der Waals surface area contributed by atoms with Crippen LogP contribution >= 0.6 is 0 Å². The Bertz CT molecular complexity index is 318. The highest BCUT2D eigenvalue weighted by atomic mass is 14.9. The minimum atomic E-state index is 0.668. The Hall–Kier alpha value is -0.980. The van der Waals surface area contributed by atoms with Crippen LogP contribution in [-0.2, 0) is 0 Å². The monoisotopic (exact) mass is 217 g/mol. The molecule has 0 heterocycles. The van der Waals surface area contributed by atoms with Gasteiger partial charge >= 0.3 is 0 Å². The van der Waals surface area contributed by atoms with E-state index in [2.05, 4.69) is 50.4 Å². The SMILES string of the molecule is Cc1ccc(NC2CC(C)CC(C)C2)cc1. The molecular formula is C15H23N. The summed E-state index contributed by atoms with van der Waals surface area (Å²) in [5.74, 6) is 1.73. The van der Waals surface area contributed by atoms with E-state index in [4.69, 9.17) is 0 Å². The molecular weight excluding hydrogens is 194 g/mol. The molecule has 1 nitrogen and oxygen atoms in total. The molecule has 1 saturated carbocycles. The average Bonchev–Trinajstić information content (AvgIpc) is 2.20. The largest absolute Gasteiger partial charge is 0.382 e. The lowest BCUT2D eigenvalue weighted by molar-refractivity contribution is 0.281. The van der Waals surface area contributed by atoms with Crippen molar-refractivity contribution < 1.29 is 0 Å². The molecule has 2 atom stereocenters. The molecule has 88 valence electrons. The van der Waals surface area contributed by atoms with E-state index in [-0.39, 0.29) is 0 Å². The summed E-state index contributed by atoms with van der Waals surface area (Å²) in [6, 6.07) is 9.41. The Morgan fingerprint density at radius 3 is 2.06 bits per heavy atom. The maximum Gasteiger partial charge on any atom is 0.0342 e. The second-order valence-electron chi connectivity index (χ2n) is 5.62. The number of hydrogen-bond acceptors (Lipinski definition) is 1. The first-order valence-corrected chi connectivity index (χ1v) is 6.46. The van der Waals surface area contributed by atoms with Gasteiger partial charge in [0.15, 0.2) is 0 Å². The number of hydrogen-bond donors (Lipinski definition) is 1. The molecule has 1 N–H and O–H groups in total. The predicted octanol–water partition coefficient (Wildman–Crippen LogP) is 4.23. The molecule has 0 bridgehead atoms. The van der Waals surface area contributed by atoms with Crippen LogP contribution in [-0.4, -0.2) is 6.04 Å². The van der Waals surface area contributed by atoms with Crippen molar-refractivity contribution in [2.75, 3.05) is 5.32 Å². The highest BCUT2D eigenvalue weighted by Crippen LogP contribution is 2.30. The van der Waals surface area contributed by atoms with Gasteiger partial charge < -0.3 is 5.32 Å². The lowest BCUT2D eigenvalue weighted by atomic mass is 9.80. The van der Waals surface area contributed by atoms with E-state index in [0.717, 1.165) is 11.8 Å². The first-order valence-electron chi connectivity index (χ1n) is 6.46. The number of anilines is 1. The second kappa shape index (κ2) is 4.90. The summed E-state index contributed by atoms with van der Waals surface area (Å²) >= 11 is 0. The first kappa shape index (κ1) is 11.5. The lowest BCUT2D eigenvalue weighted by Gasteiger charge is -2.32. The smallest absolute Gasteiger partial charge is 0.0342 e. The van der Waals surface area contributed by atoms with Crippen LogP contribution in [0.25, 0.3) is 0 Å². The van der Waals surface area contributed by atoms with Gasteiger partial charge in [0.25, 0.3) is 0 Å². The van der Waals surface area contributed by atoms with Crippen molar-refractivity contribution in [3.63, 3.8) is 0 Å². The molecule has 1 aromatic carbocycles. The zero-order valence-corrected chi connectivity index (χ0v) is 10.7. The second-order valence-corrected chi connectivity index (χ2v) is 5.62. The first-order chi connectivity index (χ1) is 7.63. The molecule has 1 aliphatic rings. The molecule has 1 fully saturated rings. The van der Waals surface area contributed by atoms with Crippen molar-refractivity contribution in [1.29, 1.82) is 0 Å². The lowest BCUT2D eigenvalue weighted by Crippen LogP contribution is -2.30. The third-order valence-corrected chi connectivity index (χ3v) is 3.60. The highest BCUT2D eigenvalue weighted by molar-refractivity contribution is 5.45. The number of nitrogens with one attached hydrogen (secondary N) is 1. The Balaban J connectivity index is 1.96. The van der Waals surface area contributed by atoms with Gasteiger partial charge in [-0.3, -0.25) is 0 Å². The summed E-state index contributed by atoms with van der Waals surface area (Å²) in [6.07, 6.45) is 4.03. The fourth-order valence-electron chi connectivity index (χ4n) is 2.95. The van der Waals surface area contributed by atoms with Gasteiger partial charge in [0.1, 0.15) is 0 Å². The Morgan fingerprint density at radius 1 is 0.938 bits per heavy atom. The van der Waals surface area contributed by atoms with Crippen LogP contribution in [0.5, 0.6) is 0 Å². The zero-order chi connectivity index (χ0) is 11.5. The van der Waals surface area contributed by atoms with Crippen molar-refractivity contribution in [2.24, 2.45) is 11.8 Å². The van der Waals surface area contributed by atoms with Crippen molar-refractivity contribution in [1.82, 2.24) is 0 Å². The van der Waals surface area contributed by atoms with E-state index in [0.29, 0.717) is 6.04 Å². The number of benzene rings is 1. The van der Waals surface area contributed by atoms with Crippen molar-refractivity contribution >= 4 is 5.69 Å². The number of aryl methyl sites for hydroxylation is 1. The van der Waals surface area contributed by atoms with Gasteiger partial charge in [-0.2, -0.15) is 0 Å². The summed E-state index contributed by atoms with van der Waals surface area (Å²) < 4.78 is 0. The van der Waals surface area contributed by atoms with Crippen LogP contribution in [0.3, 0.4) is 0 Å². The molecule has 1 aromatic rings. The molecule has 0 aliphatic heterocycles. The average molecular weight is 217 g/mol. The Labute approximate surface area is 99.3 Å². The molecule has 0 aromatic heterocycles. The van der Waals surface area contributed by atoms with E-state index in [1.54, 1.807) is 0 Å². The van der Waals surface area contributed by atoms with Crippen LogP contribution in [0.1, 0.15) is 38.7 Å². The zero-order valence-electron chi connectivity index (χ0n) is 10.7. The van der Waals surface area contributed by atoms with E-state index in [1.807, 2.05) is 0 Å². The summed E-state index contributed by atoms with van der Waals surface area (Å²) in [7, 11) is 0. The Kier molecular flexibility index (Phi) is 3.52. The highest BCUT2D eigenvalue weighted by Gasteiger charge is 2.23. The maximum absolute atomic E-state index is 3.67. The topological polar surface area (TPSA) is 12.0 Å². The van der Waals surface area contributed by atoms with Crippen LogP contribution in [0.2, 0.25) is 0 Å². The van der Waals surface area contributed by atoms with Crippen LogP contribution in [0.15, 0.2) is 24.3 Å². The molecule has 0 saturated heterocycles. The van der Waals surface area contributed by atoms with E-state index >= 15 is 0 Å². The van der Waals surface area contributed by atoms with Gasteiger partial charge in [-0.1, -0.05) is 31.5 Å². The molecule has 0 spiro atoms. The van der Waals surface area contributed by atoms with Crippen LogP contribution in [0.4, 0.5) is 5.69 Å². The van der Waals surface area contributed by atoms with Crippen LogP contribution in [0, 0.1) is 18.8 Å². The molecule has 0 radical (unpaired) electrons. The van der Waals surface area contributed by atoms with Crippen molar-refractivity contribution in [3.8, 4) is 0 Å². The summed E-state index contributed by atoms with van der Waals surface area (Å²) in [5, 5.41) is 3.67. The summed E-state index contributed by atoms with van der Waals surface area (Å²) in [4.78, 5) is 0. The van der Waals surface area contributed by atoms with Gasteiger partial charge in [0.05, 0.1) is 0 Å². The third-order valence-electron chi connectivity index (χ3n) is 3.60. The van der Waals surface area contributed by atoms with Gasteiger partial charge in [0.2, 0.25) is 0 Å². The summed E-state index contributed by atoms with van der Waals surface area (Å²) in [6.45, 7) is 6.88. The van der Waals surface area contributed by atoms with Gasteiger partial charge in [-0.05, 0) is 50.2 Å². The molecule has 2 unspecified atom stereocenters. The number of rotatable bonds is 2. The fraction of sp³-hybridized carbons (Fsp3) is 0.600. The third kappa shape index (κ3) is 3.01. The molecule has 16 heavy (non-hydrogen) atoms. The van der Waals surface area contributed by atoms with E-state index in [9.17, 15) is 0 Å². The molecule has 1 aliphatic carbocycles. The minimum absolute atomic E-state index is 0.668. The normalized spacial score (nSPS) is 30.1. The fourth-order valence-corrected chi connectivity index (χ4v) is 2.95. The van der Waals surface area contributed by atoms with Crippen LogP contribution < -0.4 is 5.32 Å². The van der Waals surface area contributed by atoms with E-state index in [1.165, 1.54) is 30.5 Å². The summed E-state index contributed by atoms with van der Waals surface area (Å²) in [5.41, 5.74) is 2.60.